The first-order valence-corrected chi connectivity index (χ1v) is 2.96. The van der Waals surface area contributed by atoms with Crippen molar-refractivity contribution in [3.05, 3.63) is 0 Å². The Kier molecular flexibility index (Phi) is 18.7. The van der Waals surface area contributed by atoms with E-state index in [2.05, 4.69) is 4.18 Å². The summed E-state index contributed by atoms with van der Waals surface area (Å²) in [6.07, 6.45) is 0. The summed E-state index contributed by atoms with van der Waals surface area (Å²) >= 11 is 0. The molecule has 0 aliphatic carbocycles. The van der Waals surface area contributed by atoms with E-state index in [4.69, 9.17) is 4.55 Å². The van der Waals surface area contributed by atoms with Crippen molar-refractivity contribution < 1.29 is 21.9 Å². The summed E-state index contributed by atoms with van der Waals surface area (Å²) in [5.74, 6) is -1.06. The fraction of sp³-hybridized carbons (Fsp3) is 0.500. The van der Waals surface area contributed by atoms with E-state index in [0.29, 0.717) is 0 Å². The molecule has 0 spiro atoms. The summed E-state index contributed by atoms with van der Waals surface area (Å²) < 4.78 is 30.2. The average molecular weight is 230 g/mol. The number of hydrogen-bond donors (Lipinski definition) is 1. The maximum atomic E-state index is 9.70. The molecule has 11 heavy (non-hydrogen) atoms. The molecule has 0 aliphatic rings. The molecule has 0 saturated heterocycles. The lowest BCUT2D eigenvalue weighted by molar-refractivity contribution is -0.131. The molecule has 0 radical (unpaired) electrons. The summed E-state index contributed by atoms with van der Waals surface area (Å²) in [6, 6.07) is 0. The standard InChI is InChI=1S/C2H4O5S.3Al.9H/c1-2(3)7-8(4,5)6;;;;;;;;;;;;/h1H3,(H,4,5,6);;;;;;;;;;;;. The summed E-state index contributed by atoms with van der Waals surface area (Å²) in [5.41, 5.74) is 0. The highest BCUT2D eigenvalue weighted by Crippen LogP contribution is 1.84. The molecule has 0 bridgehead atoms. The van der Waals surface area contributed by atoms with Gasteiger partial charge in [-0.15, -0.1) is 0 Å². The van der Waals surface area contributed by atoms with Gasteiger partial charge in [-0.2, -0.15) is 8.42 Å². The summed E-state index contributed by atoms with van der Waals surface area (Å²) in [7, 11) is -4.57. The molecule has 0 rings (SSSR count). The Morgan fingerprint density at radius 1 is 1.27 bits per heavy atom. The zero-order valence-corrected chi connectivity index (χ0v) is 4.80. The van der Waals surface area contributed by atoms with Crippen molar-refractivity contribution in [2.75, 3.05) is 0 Å². The predicted octanol–water partition coefficient (Wildman–Crippen LogP) is -4.20. The van der Waals surface area contributed by atoms with E-state index >= 15 is 0 Å². The van der Waals surface area contributed by atoms with Gasteiger partial charge >= 0.3 is 16.4 Å². The average Bonchev–Trinajstić information content (AvgIpc) is 1.21. The first kappa shape index (κ1) is 22.7. The number of hydrogen-bond acceptors (Lipinski definition) is 4. The van der Waals surface area contributed by atoms with Crippen molar-refractivity contribution >= 4 is 68.5 Å². The Morgan fingerprint density at radius 3 is 1.55 bits per heavy atom. The van der Waals surface area contributed by atoms with Crippen LogP contribution in [0.25, 0.3) is 0 Å². The van der Waals surface area contributed by atoms with Crippen molar-refractivity contribution in [2.45, 2.75) is 6.92 Å². The van der Waals surface area contributed by atoms with Gasteiger partial charge in [0.25, 0.3) is 0 Å². The Labute approximate surface area is 96.8 Å². The van der Waals surface area contributed by atoms with Crippen LogP contribution in [-0.4, -0.2) is 71.0 Å². The predicted molar refractivity (Wildman–Crippen MR) is 53.1 cm³/mol. The van der Waals surface area contributed by atoms with Gasteiger partial charge in [0.15, 0.2) is 52.1 Å². The second-order valence-electron chi connectivity index (χ2n) is 1.00. The third-order valence-corrected chi connectivity index (χ3v) is 0.668. The van der Waals surface area contributed by atoms with Gasteiger partial charge in [0.2, 0.25) is 0 Å². The lowest BCUT2D eigenvalue weighted by atomic mass is 10.9. The van der Waals surface area contributed by atoms with Gasteiger partial charge in [-0.25, -0.2) is 0 Å². The molecular formula is C2H13Al3O5S. The third kappa shape index (κ3) is 24.8. The van der Waals surface area contributed by atoms with Crippen molar-refractivity contribution in [2.24, 2.45) is 0 Å². The van der Waals surface area contributed by atoms with Gasteiger partial charge in [-0.05, 0) is 0 Å². The molecule has 0 atom stereocenters. The van der Waals surface area contributed by atoms with Crippen molar-refractivity contribution in [1.82, 2.24) is 0 Å². The molecule has 0 amide bonds. The molecule has 1 N–H and O–H groups in total. The van der Waals surface area contributed by atoms with Crippen LogP contribution in [0.4, 0.5) is 0 Å². The minimum atomic E-state index is -4.57. The lowest BCUT2D eigenvalue weighted by Gasteiger charge is -1.90. The maximum absolute atomic E-state index is 9.70. The molecule has 0 unspecified atom stereocenters. The molecule has 0 aromatic carbocycles. The molecule has 0 fully saturated rings. The van der Waals surface area contributed by atoms with Gasteiger partial charge in [-0.1, -0.05) is 0 Å². The summed E-state index contributed by atoms with van der Waals surface area (Å²) in [4.78, 5) is 9.70. The van der Waals surface area contributed by atoms with Crippen LogP contribution in [0.5, 0.6) is 0 Å². The van der Waals surface area contributed by atoms with E-state index in [1.807, 2.05) is 0 Å². The van der Waals surface area contributed by atoms with Crippen LogP contribution in [0.2, 0.25) is 0 Å². The Hall–Kier alpha value is 0.977. The van der Waals surface area contributed by atoms with Crippen LogP contribution in [0.1, 0.15) is 6.92 Å². The molecule has 0 aliphatic heterocycles. The topological polar surface area (TPSA) is 80.7 Å². The maximum Gasteiger partial charge on any atom is 0.448 e. The van der Waals surface area contributed by atoms with Gasteiger partial charge in [0.1, 0.15) is 0 Å². The fourth-order valence-electron chi connectivity index (χ4n) is 0.148. The molecule has 0 saturated carbocycles. The zero-order valence-electron chi connectivity index (χ0n) is 3.99. The largest absolute Gasteiger partial charge is 0.448 e. The smallest absolute Gasteiger partial charge is 0.325 e. The molecule has 0 aromatic heterocycles. The van der Waals surface area contributed by atoms with E-state index in [0.717, 1.165) is 6.92 Å². The minimum absolute atomic E-state index is 0. The van der Waals surface area contributed by atoms with E-state index in [1.54, 1.807) is 0 Å². The van der Waals surface area contributed by atoms with E-state index in [1.165, 1.54) is 0 Å². The monoisotopic (exact) mass is 230 g/mol. The molecule has 0 heterocycles. The highest BCUT2D eigenvalue weighted by Gasteiger charge is 2.06. The lowest BCUT2D eigenvalue weighted by Crippen LogP contribution is -2.07. The van der Waals surface area contributed by atoms with Crippen molar-refractivity contribution in [3.8, 4) is 0 Å². The van der Waals surface area contributed by atoms with Crippen LogP contribution in [0.15, 0.2) is 0 Å². The highest BCUT2D eigenvalue weighted by molar-refractivity contribution is 7.81. The molecular weight excluding hydrogens is 217 g/mol. The number of carbonyl (C=O) groups excluding carboxylic acids is 1. The van der Waals surface area contributed by atoms with E-state index in [9.17, 15) is 13.2 Å². The number of rotatable bonds is 1. The van der Waals surface area contributed by atoms with Crippen LogP contribution in [-0.2, 0) is 19.4 Å². The number of carbonyl (C=O) groups is 1. The van der Waals surface area contributed by atoms with Crippen LogP contribution < -0.4 is 0 Å². The van der Waals surface area contributed by atoms with E-state index in [-0.39, 0.29) is 52.1 Å². The van der Waals surface area contributed by atoms with Crippen LogP contribution in [0, 0.1) is 0 Å². The van der Waals surface area contributed by atoms with Gasteiger partial charge in [0, 0.05) is 6.92 Å². The first-order valence-electron chi connectivity index (χ1n) is 1.59. The van der Waals surface area contributed by atoms with Crippen molar-refractivity contribution in [3.63, 3.8) is 0 Å². The van der Waals surface area contributed by atoms with Gasteiger partial charge < -0.3 is 4.18 Å². The zero-order chi connectivity index (χ0) is 6.78. The Morgan fingerprint density at radius 2 is 1.55 bits per heavy atom. The summed E-state index contributed by atoms with van der Waals surface area (Å²) in [6.45, 7) is 0.869. The fourth-order valence-corrected chi connectivity index (χ4v) is 0.445. The summed E-state index contributed by atoms with van der Waals surface area (Å²) in [5, 5.41) is 0. The second-order valence-corrected chi connectivity index (χ2v) is 2.02. The van der Waals surface area contributed by atoms with Crippen molar-refractivity contribution in [1.29, 1.82) is 0 Å². The second kappa shape index (κ2) is 9.07. The first-order chi connectivity index (χ1) is 3.42. The third-order valence-electron chi connectivity index (χ3n) is 0.223. The molecule has 9 heteroatoms. The van der Waals surface area contributed by atoms with Gasteiger partial charge in [0.05, 0.1) is 0 Å². The van der Waals surface area contributed by atoms with Gasteiger partial charge in [-0.3, -0.25) is 9.35 Å². The molecule has 5 nitrogen and oxygen atoms in total. The SMILES string of the molecule is CC(=O)OS(=O)(=O)O.[AlH3].[AlH3].[AlH3]. The quantitative estimate of drug-likeness (QED) is 0.365. The highest BCUT2D eigenvalue weighted by atomic mass is 32.3. The Balaban J connectivity index is -0.0000000817. The molecule has 0 aromatic rings. The normalized spacial score (nSPS) is 7.82. The van der Waals surface area contributed by atoms with Crippen LogP contribution >= 0.6 is 0 Å². The molecule has 66 valence electrons. The van der Waals surface area contributed by atoms with E-state index < -0.39 is 16.4 Å². The Bertz CT molecular complexity index is 186. The minimum Gasteiger partial charge on any atom is -0.325 e. The van der Waals surface area contributed by atoms with Crippen LogP contribution in [0.3, 0.4) is 0 Å².